The molecule has 15 heavy (non-hydrogen) atoms. The largest absolute Gasteiger partial charge is 0.308 e. The van der Waals surface area contributed by atoms with Crippen LogP contribution < -0.4 is 0 Å². The Morgan fingerprint density at radius 2 is 2.13 bits per heavy atom. The molecule has 80 valence electrons. The van der Waals surface area contributed by atoms with Crippen LogP contribution in [0.1, 0.15) is 42.6 Å². The van der Waals surface area contributed by atoms with Crippen LogP contribution in [0.5, 0.6) is 0 Å². The number of carbonyl (C=O) groups is 1. The summed E-state index contributed by atoms with van der Waals surface area (Å²) in [6, 6.07) is 0. The summed E-state index contributed by atoms with van der Waals surface area (Å²) in [5.74, 6) is 0.174. The third-order valence-electron chi connectivity index (χ3n) is 2.71. The Morgan fingerprint density at radius 3 is 2.80 bits per heavy atom. The van der Waals surface area contributed by atoms with E-state index in [4.69, 9.17) is 0 Å². The van der Waals surface area contributed by atoms with Gasteiger partial charge in [0, 0.05) is 28.6 Å². The molecule has 1 aromatic heterocycles. The molecule has 0 fully saturated rings. The number of nitrogens with zero attached hydrogens (tertiary/aromatic N) is 1. The Morgan fingerprint density at radius 1 is 1.40 bits per heavy atom. The number of unbranched alkanes of at least 4 members (excludes halogenated alkanes) is 1. The molecule has 2 rings (SSSR count). The van der Waals surface area contributed by atoms with Crippen molar-refractivity contribution in [2.75, 3.05) is 6.54 Å². The lowest BCUT2D eigenvalue weighted by molar-refractivity contribution is 0.0849. The minimum atomic E-state index is 0.174. The minimum absolute atomic E-state index is 0.174. The first-order valence-corrected chi connectivity index (χ1v) is 6.28. The molecule has 0 N–H and O–H groups in total. The molecule has 1 amide bonds. The number of hydrogen-bond acceptors (Lipinski definition) is 2. The highest BCUT2D eigenvalue weighted by Crippen LogP contribution is 2.35. The van der Waals surface area contributed by atoms with Gasteiger partial charge in [-0.2, -0.15) is 11.3 Å². The van der Waals surface area contributed by atoms with E-state index >= 15 is 0 Å². The van der Waals surface area contributed by atoms with Crippen LogP contribution in [0.2, 0.25) is 0 Å². The molecule has 0 atom stereocenters. The highest BCUT2D eigenvalue weighted by atomic mass is 32.1. The van der Waals surface area contributed by atoms with Crippen molar-refractivity contribution < 1.29 is 4.79 Å². The number of rotatable bonds is 3. The summed E-state index contributed by atoms with van der Waals surface area (Å²) in [5, 5.41) is 4.02. The van der Waals surface area contributed by atoms with Crippen molar-refractivity contribution >= 4 is 22.9 Å². The Bertz CT molecular complexity index is 406. The minimum Gasteiger partial charge on any atom is -0.308 e. The molecule has 3 heteroatoms. The average molecular weight is 221 g/mol. The lowest BCUT2D eigenvalue weighted by Gasteiger charge is -2.17. The van der Waals surface area contributed by atoms with Gasteiger partial charge in [-0.25, -0.2) is 0 Å². The van der Waals surface area contributed by atoms with Crippen LogP contribution in [0.4, 0.5) is 0 Å². The van der Waals surface area contributed by atoms with E-state index in [9.17, 15) is 4.79 Å². The van der Waals surface area contributed by atoms with E-state index in [1.807, 2.05) is 23.3 Å². The van der Waals surface area contributed by atoms with Crippen LogP contribution >= 0.6 is 11.3 Å². The Labute approximate surface area is 94.2 Å². The van der Waals surface area contributed by atoms with Gasteiger partial charge in [0.05, 0.1) is 5.56 Å². The van der Waals surface area contributed by atoms with Crippen molar-refractivity contribution in [3.63, 3.8) is 0 Å². The molecule has 0 spiro atoms. The summed E-state index contributed by atoms with van der Waals surface area (Å²) < 4.78 is 0. The van der Waals surface area contributed by atoms with Gasteiger partial charge in [0.25, 0.3) is 5.91 Å². The fourth-order valence-electron chi connectivity index (χ4n) is 1.91. The third-order valence-corrected chi connectivity index (χ3v) is 3.46. The highest BCUT2D eigenvalue weighted by Gasteiger charge is 2.31. The summed E-state index contributed by atoms with van der Waals surface area (Å²) in [6.07, 6.45) is 4.22. The molecule has 0 bridgehead atoms. The van der Waals surface area contributed by atoms with Gasteiger partial charge in [-0.1, -0.05) is 19.4 Å². The fraction of sp³-hybridized carbons (Fsp3) is 0.417. The summed E-state index contributed by atoms with van der Waals surface area (Å²) in [5.41, 5.74) is 3.08. The van der Waals surface area contributed by atoms with Crippen molar-refractivity contribution in [3.8, 4) is 0 Å². The standard InChI is InChI=1S/C12H15NOS/c1-3-5-6-13-11(4-2)9-7-15-8-10(9)12(13)14/h4,7-8H,3,5-6H2,1-2H3/b11-4-. The SMILES string of the molecule is C/C=C1/c2cscc2C(=O)N1CCCC. The van der Waals surface area contributed by atoms with E-state index in [-0.39, 0.29) is 5.91 Å². The second-order valence-electron chi connectivity index (χ2n) is 3.68. The van der Waals surface area contributed by atoms with Crippen molar-refractivity contribution in [3.05, 3.63) is 28.0 Å². The van der Waals surface area contributed by atoms with Gasteiger partial charge in [-0.05, 0) is 13.3 Å². The molecule has 0 aliphatic carbocycles. The molecule has 0 aromatic carbocycles. The second-order valence-corrected chi connectivity index (χ2v) is 4.43. The van der Waals surface area contributed by atoms with Crippen LogP contribution in [0.25, 0.3) is 5.70 Å². The smallest absolute Gasteiger partial charge is 0.259 e. The Balaban J connectivity index is 2.30. The Kier molecular flexibility index (Phi) is 2.91. The number of carbonyl (C=O) groups excluding carboxylic acids is 1. The van der Waals surface area contributed by atoms with Crippen molar-refractivity contribution in [1.82, 2.24) is 4.90 Å². The van der Waals surface area contributed by atoms with Crippen LogP contribution in [0.3, 0.4) is 0 Å². The van der Waals surface area contributed by atoms with Crippen LogP contribution in [-0.2, 0) is 0 Å². The van der Waals surface area contributed by atoms with E-state index in [1.165, 1.54) is 0 Å². The average Bonchev–Trinajstić information content (AvgIpc) is 2.79. The third kappa shape index (κ3) is 1.61. The normalized spacial score (nSPS) is 17.6. The summed E-state index contributed by atoms with van der Waals surface area (Å²) in [7, 11) is 0. The number of amides is 1. The topological polar surface area (TPSA) is 20.3 Å². The van der Waals surface area contributed by atoms with E-state index in [0.717, 1.165) is 36.2 Å². The van der Waals surface area contributed by atoms with Gasteiger partial charge in [0.2, 0.25) is 0 Å². The molecular weight excluding hydrogens is 206 g/mol. The zero-order valence-electron chi connectivity index (χ0n) is 9.12. The number of allylic oxidation sites excluding steroid dienone is 1. The first-order chi connectivity index (χ1) is 7.29. The zero-order chi connectivity index (χ0) is 10.8. The molecule has 1 aliphatic heterocycles. The summed E-state index contributed by atoms with van der Waals surface area (Å²) in [4.78, 5) is 13.9. The molecule has 1 aliphatic rings. The fourth-order valence-corrected chi connectivity index (χ4v) is 2.73. The first-order valence-electron chi connectivity index (χ1n) is 5.34. The van der Waals surface area contributed by atoms with Crippen LogP contribution in [0, 0.1) is 0 Å². The number of fused-ring (bicyclic) bond motifs is 1. The first kappa shape index (κ1) is 10.4. The maximum Gasteiger partial charge on any atom is 0.259 e. The molecule has 0 saturated heterocycles. The Hall–Kier alpha value is -1.09. The maximum absolute atomic E-state index is 12.0. The molecular formula is C12H15NOS. The van der Waals surface area contributed by atoms with Gasteiger partial charge in [0.1, 0.15) is 0 Å². The highest BCUT2D eigenvalue weighted by molar-refractivity contribution is 7.08. The summed E-state index contributed by atoms with van der Waals surface area (Å²) in [6.45, 7) is 4.98. The predicted octanol–water partition coefficient (Wildman–Crippen LogP) is 3.36. The van der Waals surface area contributed by atoms with Crippen molar-refractivity contribution in [2.45, 2.75) is 26.7 Å². The number of hydrogen-bond donors (Lipinski definition) is 0. The quantitative estimate of drug-likeness (QED) is 0.766. The molecule has 2 nitrogen and oxygen atoms in total. The van der Waals surface area contributed by atoms with Gasteiger partial charge in [-0.3, -0.25) is 4.79 Å². The van der Waals surface area contributed by atoms with Gasteiger partial charge >= 0.3 is 0 Å². The monoisotopic (exact) mass is 221 g/mol. The van der Waals surface area contributed by atoms with E-state index in [1.54, 1.807) is 11.3 Å². The van der Waals surface area contributed by atoms with E-state index in [2.05, 4.69) is 12.3 Å². The van der Waals surface area contributed by atoms with Gasteiger partial charge in [-0.15, -0.1) is 0 Å². The van der Waals surface area contributed by atoms with Crippen molar-refractivity contribution in [1.29, 1.82) is 0 Å². The maximum atomic E-state index is 12.0. The van der Waals surface area contributed by atoms with Crippen LogP contribution in [0.15, 0.2) is 16.8 Å². The molecule has 0 saturated carbocycles. The lowest BCUT2D eigenvalue weighted by Crippen LogP contribution is -2.24. The second kappa shape index (κ2) is 4.19. The van der Waals surface area contributed by atoms with Crippen molar-refractivity contribution in [2.24, 2.45) is 0 Å². The number of thiophene rings is 1. The van der Waals surface area contributed by atoms with E-state index < -0.39 is 0 Å². The zero-order valence-corrected chi connectivity index (χ0v) is 9.93. The lowest BCUT2D eigenvalue weighted by atomic mass is 10.2. The molecule has 0 radical (unpaired) electrons. The predicted molar refractivity (Wildman–Crippen MR) is 63.9 cm³/mol. The van der Waals surface area contributed by atoms with E-state index in [0.29, 0.717) is 0 Å². The molecule has 0 unspecified atom stereocenters. The molecule has 2 heterocycles. The van der Waals surface area contributed by atoms with Gasteiger partial charge in [0.15, 0.2) is 0 Å². The summed E-state index contributed by atoms with van der Waals surface area (Å²) >= 11 is 1.60. The van der Waals surface area contributed by atoms with Crippen LogP contribution in [-0.4, -0.2) is 17.4 Å². The molecule has 1 aromatic rings. The van der Waals surface area contributed by atoms with Gasteiger partial charge < -0.3 is 4.90 Å².